The summed E-state index contributed by atoms with van der Waals surface area (Å²) in [6.07, 6.45) is 0.707. The van der Waals surface area contributed by atoms with E-state index in [4.69, 9.17) is 11.5 Å². The van der Waals surface area contributed by atoms with Gasteiger partial charge in [0.15, 0.2) is 11.6 Å². The van der Waals surface area contributed by atoms with Gasteiger partial charge < -0.3 is 16.0 Å². The van der Waals surface area contributed by atoms with Crippen LogP contribution >= 0.6 is 0 Å². The molecule has 120 valence electrons. The van der Waals surface area contributed by atoms with Gasteiger partial charge in [-0.05, 0) is 31.5 Å². The topological polar surface area (TPSA) is 69.9 Å². The van der Waals surface area contributed by atoms with Crippen molar-refractivity contribution in [3.05, 3.63) is 47.5 Å². The second-order valence-corrected chi connectivity index (χ2v) is 5.56. The predicted octanol–water partition coefficient (Wildman–Crippen LogP) is 3.22. The van der Waals surface area contributed by atoms with E-state index in [0.29, 0.717) is 42.1 Å². The molecular formula is C17H18F2N4. The summed E-state index contributed by atoms with van der Waals surface area (Å²) in [6, 6.07) is 7.92. The maximum Gasteiger partial charge on any atom is 0.161 e. The summed E-state index contributed by atoms with van der Waals surface area (Å²) in [5, 5.41) is 0. The Morgan fingerprint density at radius 3 is 2.57 bits per heavy atom. The molecule has 2 aromatic carbocycles. The number of benzene rings is 2. The molecule has 1 heterocycles. The van der Waals surface area contributed by atoms with Crippen LogP contribution in [0, 0.1) is 18.6 Å². The third-order valence-electron chi connectivity index (χ3n) is 3.91. The molecular weight excluding hydrogens is 298 g/mol. The highest BCUT2D eigenvalue weighted by Gasteiger charge is 2.16. The van der Waals surface area contributed by atoms with Gasteiger partial charge in [0.25, 0.3) is 0 Å². The summed E-state index contributed by atoms with van der Waals surface area (Å²) in [4.78, 5) is 4.47. The number of imidazole rings is 1. The predicted molar refractivity (Wildman–Crippen MR) is 87.9 cm³/mol. The Bertz CT molecular complexity index is 871. The van der Waals surface area contributed by atoms with Crippen LogP contribution in [0.15, 0.2) is 30.3 Å². The van der Waals surface area contributed by atoms with Crippen LogP contribution in [0.4, 0.5) is 14.5 Å². The summed E-state index contributed by atoms with van der Waals surface area (Å²) >= 11 is 0. The number of aryl methyl sites for hydroxylation is 2. The van der Waals surface area contributed by atoms with Gasteiger partial charge in [-0.1, -0.05) is 12.1 Å². The summed E-state index contributed by atoms with van der Waals surface area (Å²) in [5.41, 5.74) is 14.9. The molecule has 0 aliphatic heterocycles. The molecule has 0 saturated heterocycles. The van der Waals surface area contributed by atoms with Gasteiger partial charge in [0.1, 0.15) is 5.82 Å². The monoisotopic (exact) mass is 316 g/mol. The smallest absolute Gasteiger partial charge is 0.161 e. The third kappa shape index (κ3) is 2.77. The van der Waals surface area contributed by atoms with E-state index in [-0.39, 0.29) is 0 Å². The maximum atomic E-state index is 13.6. The highest BCUT2D eigenvalue weighted by molar-refractivity contribution is 5.81. The number of anilines is 1. The van der Waals surface area contributed by atoms with Crippen molar-refractivity contribution < 1.29 is 8.78 Å². The molecule has 1 aromatic heterocycles. The van der Waals surface area contributed by atoms with E-state index in [0.717, 1.165) is 17.2 Å². The summed E-state index contributed by atoms with van der Waals surface area (Å²) in [7, 11) is 0. The fourth-order valence-corrected chi connectivity index (χ4v) is 2.60. The van der Waals surface area contributed by atoms with Crippen molar-refractivity contribution >= 4 is 16.7 Å². The van der Waals surface area contributed by atoms with Gasteiger partial charge in [0.2, 0.25) is 0 Å². The zero-order valence-electron chi connectivity index (χ0n) is 12.8. The van der Waals surface area contributed by atoms with E-state index >= 15 is 0 Å². The lowest BCUT2D eigenvalue weighted by Gasteiger charge is -2.10. The van der Waals surface area contributed by atoms with Crippen LogP contribution in [-0.4, -0.2) is 16.1 Å². The molecule has 0 saturated carbocycles. The van der Waals surface area contributed by atoms with Crippen molar-refractivity contribution in [1.29, 1.82) is 0 Å². The van der Waals surface area contributed by atoms with Crippen LogP contribution in [0.25, 0.3) is 22.4 Å². The molecule has 0 aliphatic rings. The Kier molecular flexibility index (Phi) is 4.00. The zero-order valence-corrected chi connectivity index (χ0v) is 12.8. The molecule has 6 heteroatoms. The Hall–Kier alpha value is -2.47. The van der Waals surface area contributed by atoms with Crippen molar-refractivity contribution in [3.63, 3.8) is 0 Å². The molecule has 0 fully saturated rings. The van der Waals surface area contributed by atoms with Crippen LogP contribution < -0.4 is 11.5 Å². The quantitative estimate of drug-likeness (QED) is 0.726. The second kappa shape index (κ2) is 5.96. The first-order valence-corrected chi connectivity index (χ1v) is 7.43. The zero-order chi connectivity index (χ0) is 16.6. The minimum Gasteiger partial charge on any atom is -0.398 e. The largest absolute Gasteiger partial charge is 0.398 e. The van der Waals surface area contributed by atoms with Crippen LogP contribution in [0.1, 0.15) is 12.0 Å². The molecule has 0 atom stereocenters. The summed E-state index contributed by atoms with van der Waals surface area (Å²) in [6.45, 7) is 2.99. The minimum atomic E-state index is -0.907. The van der Waals surface area contributed by atoms with Gasteiger partial charge in [0, 0.05) is 29.9 Å². The number of nitrogens with two attached hydrogens (primary N) is 2. The molecule has 23 heavy (non-hydrogen) atoms. The van der Waals surface area contributed by atoms with Crippen LogP contribution in [0.2, 0.25) is 0 Å². The molecule has 0 spiro atoms. The first-order chi connectivity index (χ1) is 11.0. The average molecular weight is 316 g/mol. The molecule has 4 N–H and O–H groups in total. The molecule has 0 bridgehead atoms. The highest BCUT2D eigenvalue weighted by Crippen LogP contribution is 2.28. The number of nitrogen functional groups attached to an aromatic ring is 1. The molecule has 3 rings (SSSR count). The second-order valence-electron chi connectivity index (χ2n) is 5.56. The lowest BCUT2D eigenvalue weighted by Crippen LogP contribution is -2.07. The molecule has 4 nitrogen and oxygen atoms in total. The van der Waals surface area contributed by atoms with Crippen LogP contribution in [0.5, 0.6) is 0 Å². The van der Waals surface area contributed by atoms with E-state index < -0.39 is 11.6 Å². The van der Waals surface area contributed by atoms with E-state index in [1.54, 1.807) is 0 Å². The lowest BCUT2D eigenvalue weighted by atomic mass is 10.1. The number of nitrogens with zero attached hydrogens (tertiary/aromatic N) is 2. The van der Waals surface area contributed by atoms with Gasteiger partial charge >= 0.3 is 0 Å². The Morgan fingerprint density at radius 1 is 1.13 bits per heavy atom. The highest BCUT2D eigenvalue weighted by atomic mass is 19.2. The van der Waals surface area contributed by atoms with E-state index in [1.165, 1.54) is 6.07 Å². The molecule has 0 unspecified atom stereocenters. The van der Waals surface area contributed by atoms with Gasteiger partial charge in [0.05, 0.1) is 11.0 Å². The number of hydrogen-bond donors (Lipinski definition) is 2. The molecule has 0 radical (unpaired) electrons. The fraction of sp³-hybridized carbons (Fsp3) is 0.235. The van der Waals surface area contributed by atoms with Gasteiger partial charge in [-0.25, -0.2) is 13.8 Å². The van der Waals surface area contributed by atoms with Crippen molar-refractivity contribution in [2.24, 2.45) is 5.73 Å². The van der Waals surface area contributed by atoms with Crippen molar-refractivity contribution in [2.75, 3.05) is 12.3 Å². The van der Waals surface area contributed by atoms with Crippen molar-refractivity contribution in [2.45, 2.75) is 19.9 Å². The maximum absolute atomic E-state index is 13.6. The third-order valence-corrected chi connectivity index (χ3v) is 3.91. The van der Waals surface area contributed by atoms with Crippen molar-refractivity contribution in [1.82, 2.24) is 9.55 Å². The van der Waals surface area contributed by atoms with Crippen LogP contribution in [-0.2, 0) is 6.54 Å². The summed E-state index contributed by atoms with van der Waals surface area (Å²) < 4.78 is 29.0. The van der Waals surface area contributed by atoms with Crippen molar-refractivity contribution in [3.8, 4) is 11.4 Å². The van der Waals surface area contributed by atoms with E-state index in [2.05, 4.69) is 4.98 Å². The normalized spacial score (nSPS) is 11.3. The number of halogens is 2. The summed E-state index contributed by atoms with van der Waals surface area (Å²) in [5.74, 6) is -1.16. The standard InChI is InChI=1S/C17H18F2N4/c1-10-3-4-11(7-14(10)21)17-22-15-8-12(18)13(19)9-16(15)23(17)6-2-5-20/h3-4,7-9H,2,5-6,20-21H2,1H3. The molecule has 0 aliphatic carbocycles. The first-order valence-electron chi connectivity index (χ1n) is 7.43. The van der Waals surface area contributed by atoms with Crippen LogP contribution in [0.3, 0.4) is 0 Å². The Balaban J connectivity index is 2.23. The number of fused-ring (bicyclic) bond motifs is 1. The molecule has 0 amide bonds. The van der Waals surface area contributed by atoms with Gasteiger partial charge in [-0.3, -0.25) is 0 Å². The first kappa shape index (κ1) is 15.4. The van der Waals surface area contributed by atoms with E-state index in [9.17, 15) is 8.78 Å². The average Bonchev–Trinajstić information content (AvgIpc) is 2.86. The number of rotatable bonds is 4. The Labute approximate surface area is 132 Å². The van der Waals surface area contributed by atoms with Gasteiger partial charge in [-0.15, -0.1) is 0 Å². The SMILES string of the molecule is Cc1ccc(-c2nc3cc(F)c(F)cc3n2CCCN)cc1N. The van der Waals surface area contributed by atoms with Gasteiger partial charge in [-0.2, -0.15) is 0 Å². The van der Waals surface area contributed by atoms with E-state index in [1.807, 2.05) is 29.7 Å². The fourth-order valence-electron chi connectivity index (χ4n) is 2.60. The lowest BCUT2D eigenvalue weighted by molar-refractivity contribution is 0.510. The number of hydrogen-bond acceptors (Lipinski definition) is 3. The molecule has 3 aromatic rings. The number of aromatic nitrogens is 2. The Morgan fingerprint density at radius 2 is 1.87 bits per heavy atom. The minimum absolute atomic E-state index is 0.412.